The van der Waals surface area contributed by atoms with Gasteiger partial charge in [-0.1, -0.05) is 59.1 Å². The zero-order chi connectivity index (χ0) is 22.6. The molecule has 0 unspecified atom stereocenters. The van der Waals surface area contributed by atoms with Gasteiger partial charge in [0.2, 0.25) is 0 Å². The van der Waals surface area contributed by atoms with E-state index in [1.807, 2.05) is 0 Å². The summed E-state index contributed by atoms with van der Waals surface area (Å²) in [4.78, 5) is 13.0. The molecule has 0 aliphatic carbocycles. The largest absolute Gasteiger partial charge is 0.495 e. The summed E-state index contributed by atoms with van der Waals surface area (Å²) in [6.07, 6.45) is 2.58. The fourth-order valence-electron chi connectivity index (χ4n) is 2.72. The van der Waals surface area contributed by atoms with E-state index in [0.717, 1.165) is 6.08 Å². The number of hydrogen-bond donors (Lipinski definition) is 0. The van der Waals surface area contributed by atoms with Crippen LogP contribution in [0.4, 0.5) is 5.69 Å². The third-order valence-electron chi connectivity index (χ3n) is 4.21. The Kier molecular flexibility index (Phi) is 7.28. The summed E-state index contributed by atoms with van der Waals surface area (Å²) in [5.41, 5.74) is 0.644. The van der Waals surface area contributed by atoms with Crippen LogP contribution in [0.3, 0.4) is 0 Å². The molecule has 0 saturated carbocycles. The zero-order valence-corrected chi connectivity index (χ0v) is 19.2. The van der Waals surface area contributed by atoms with Crippen LogP contribution in [-0.4, -0.2) is 21.4 Å². The van der Waals surface area contributed by atoms with E-state index in [0.29, 0.717) is 25.7 Å². The number of amides is 1. The maximum atomic E-state index is 13.3. The summed E-state index contributed by atoms with van der Waals surface area (Å²) >= 11 is 18.1. The number of halogens is 3. The van der Waals surface area contributed by atoms with E-state index in [1.165, 1.54) is 43.5 Å². The van der Waals surface area contributed by atoms with Gasteiger partial charge in [-0.25, -0.2) is 8.42 Å². The summed E-state index contributed by atoms with van der Waals surface area (Å²) in [7, 11) is -2.79. The van der Waals surface area contributed by atoms with Gasteiger partial charge in [0.25, 0.3) is 15.9 Å². The van der Waals surface area contributed by atoms with E-state index < -0.39 is 15.9 Å². The molecule has 0 heterocycles. The Labute approximate surface area is 195 Å². The second kappa shape index (κ2) is 9.75. The van der Waals surface area contributed by atoms with Gasteiger partial charge >= 0.3 is 0 Å². The van der Waals surface area contributed by atoms with Crippen molar-refractivity contribution in [3.63, 3.8) is 0 Å². The third kappa shape index (κ3) is 5.22. The zero-order valence-electron chi connectivity index (χ0n) is 16.1. The Morgan fingerprint density at radius 3 is 2.23 bits per heavy atom. The first kappa shape index (κ1) is 23.2. The second-order valence-corrected chi connectivity index (χ2v) is 9.25. The maximum Gasteiger partial charge on any atom is 0.271 e. The van der Waals surface area contributed by atoms with E-state index in [1.54, 1.807) is 36.4 Å². The molecule has 1 amide bonds. The van der Waals surface area contributed by atoms with Crippen LogP contribution < -0.4 is 9.04 Å². The molecule has 0 fully saturated rings. The molecular weight excluding hydrogens is 481 g/mol. The summed E-state index contributed by atoms with van der Waals surface area (Å²) in [6, 6.07) is 16.7. The van der Waals surface area contributed by atoms with Crippen molar-refractivity contribution in [1.82, 2.24) is 0 Å². The first-order valence-electron chi connectivity index (χ1n) is 8.85. The quantitative estimate of drug-likeness (QED) is 0.387. The first-order chi connectivity index (χ1) is 14.7. The molecule has 0 bridgehead atoms. The van der Waals surface area contributed by atoms with Crippen molar-refractivity contribution in [1.29, 1.82) is 0 Å². The van der Waals surface area contributed by atoms with E-state index in [2.05, 4.69) is 0 Å². The smallest absolute Gasteiger partial charge is 0.271 e. The number of methoxy groups -OCH3 is 1. The van der Waals surface area contributed by atoms with Crippen LogP contribution in [0.15, 0.2) is 77.7 Å². The molecule has 0 aromatic heterocycles. The molecule has 5 nitrogen and oxygen atoms in total. The van der Waals surface area contributed by atoms with E-state index in [9.17, 15) is 13.2 Å². The lowest BCUT2D eigenvalue weighted by Gasteiger charge is -2.22. The van der Waals surface area contributed by atoms with Gasteiger partial charge in [-0.2, -0.15) is 4.31 Å². The minimum Gasteiger partial charge on any atom is -0.495 e. The highest BCUT2D eigenvalue weighted by Crippen LogP contribution is 2.32. The Bertz CT molecular complexity index is 1240. The number of ether oxygens (including phenoxy) is 1. The van der Waals surface area contributed by atoms with Gasteiger partial charge in [-0.3, -0.25) is 4.79 Å². The van der Waals surface area contributed by atoms with Gasteiger partial charge in [0.1, 0.15) is 5.75 Å². The molecule has 0 aliphatic rings. The van der Waals surface area contributed by atoms with Crippen LogP contribution in [0.5, 0.6) is 5.75 Å². The summed E-state index contributed by atoms with van der Waals surface area (Å²) in [6.45, 7) is 0. The van der Waals surface area contributed by atoms with Crippen molar-refractivity contribution in [2.75, 3.05) is 11.4 Å². The van der Waals surface area contributed by atoms with Crippen LogP contribution in [0, 0.1) is 0 Å². The number of sulfonamides is 1. The highest BCUT2D eigenvalue weighted by Gasteiger charge is 2.30. The summed E-state index contributed by atoms with van der Waals surface area (Å²) < 4.78 is 32.4. The van der Waals surface area contributed by atoms with Crippen molar-refractivity contribution < 1.29 is 17.9 Å². The summed E-state index contributed by atoms with van der Waals surface area (Å²) in [5, 5.41) is 0.841. The topological polar surface area (TPSA) is 63.7 Å². The molecule has 3 aromatic carbocycles. The van der Waals surface area contributed by atoms with E-state index in [-0.39, 0.29) is 15.6 Å². The first-order valence-corrected chi connectivity index (χ1v) is 11.4. The maximum absolute atomic E-state index is 13.3. The average molecular weight is 497 g/mol. The van der Waals surface area contributed by atoms with E-state index >= 15 is 0 Å². The molecule has 0 aliphatic heterocycles. The number of anilines is 1. The minimum absolute atomic E-state index is 0.0433. The SMILES string of the molecule is COc1ccc(N(C(=O)/C=C/c2ccc(Cl)c(Cl)c2)S(=O)(=O)c2ccccc2)cc1Cl. The van der Waals surface area contributed by atoms with Gasteiger partial charge in [0.05, 0.1) is 32.8 Å². The molecule has 0 atom stereocenters. The Hall–Kier alpha value is -2.51. The van der Waals surface area contributed by atoms with Crippen molar-refractivity contribution in [2.45, 2.75) is 4.90 Å². The fraction of sp³-hybridized carbons (Fsp3) is 0.0455. The fourth-order valence-corrected chi connectivity index (χ4v) is 4.67. The monoisotopic (exact) mass is 495 g/mol. The summed E-state index contributed by atoms with van der Waals surface area (Å²) in [5.74, 6) is -0.447. The molecule has 0 N–H and O–H groups in total. The van der Waals surface area contributed by atoms with Gasteiger partial charge in [0, 0.05) is 6.08 Å². The average Bonchev–Trinajstić information content (AvgIpc) is 2.75. The number of carbonyl (C=O) groups excluding carboxylic acids is 1. The Morgan fingerprint density at radius 1 is 0.903 bits per heavy atom. The Balaban J connectivity index is 2.07. The highest BCUT2D eigenvalue weighted by atomic mass is 35.5. The molecule has 0 radical (unpaired) electrons. The van der Waals surface area contributed by atoms with Crippen molar-refractivity contribution >= 4 is 62.5 Å². The second-order valence-electron chi connectivity index (χ2n) is 6.25. The third-order valence-corrected chi connectivity index (χ3v) is 6.99. The van der Waals surface area contributed by atoms with Crippen molar-refractivity contribution in [3.05, 3.63) is 93.4 Å². The van der Waals surface area contributed by atoms with Gasteiger partial charge < -0.3 is 4.74 Å². The van der Waals surface area contributed by atoms with E-state index in [4.69, 9.17) is 39.5 Å². The number of nitrogens with zero attached hydrogens (tertiary/aromatic N) is 1. The number of carbonyl (C=O) groups is 1. The molecule has 0 saturated heterocycles. The van der Waals surface area contributed by atoms with Crippen LogP contribution in [-0.2, 0) is 14.8 Å². The number of hydrogen-bond acceptors (Lipinski definition) is 4. The minimum atomic E-state index is -4.22. The molecule has 3 aromatic rings. The normalized spacial score (nSPS) is 11.5. The standard InChI is InChI=1S/C22H16Cl3NO4S/c1-30-21-11-9-16(14-20(21)25)26(31(28,29)17-5-3-2-4-6-17)22(27)12-8-15-7-10-18(23)19(24)13-15/h2-14H,1H3/b12-8+. The van der Waals surface area contributed by atoms with Gasteiger partial charge in [-0.15, -0.1) is 0 Å². The molecular formula is C22H16Cl3NO4S. The van der Waals surface area contributed by atoms with Crippen LogP contribution >= 0.6 is 34.8 Å². The van der Waals surface area contributed by atoms with Crippen molar-refractivity contribution in [2.24, 2.45) is 0 Å². The molecule has 9 heteroatoms. The predicted molar refractivity (Wildman–Crippen MR) is 125 cm³/mol. The molecule has 3 rings (SSSR count). The lowest BCUT2D eigenvalue weighted by atomic mass is 10.2. The van der Waals surface area contributed by atoms with Crippen molar-refractivity contribution in [3.8, 4) is 5.75 Å². The molecule has 31 heavy (non-hydrogen) atoms. The highest BCUT2D eigenvalue weighted by molar-refractivity contribution is 7.93. The predicted octanol–water partition coefficient (Wildman–Crippen LogP) is 6.09. The lowest BCUT2D eigenvalue weighted by molar-refractivity contribution is -0.113. The Morgan fingerprint density at radius 2 is 1.61 bits per heavy atom. The van der Waals surface area contributed by atoms with Crippen LogP contribution in [0.25, 0.3) is 6.08 Å². The number of benzene rings is 3. The number of rotatable bonds is 6. The molecule has 0 spiro atoms. The van der Waals surface area contributed by atoms with Gasteiger partial charge in [-0.05, 0) is 54.1 Å². The van der Waals surface area contributed by atoms with Crippen LogP contribution in [0.2, 0.25) is 15.1 Å². The lowest BCUT2D eigenvalue weighted by Crippen LogP contribution is -2.35. The molecule has 160 valence electrons. The van der Waals surface area contributed by atoms with Gasteiger partial charge in [0.15, 0.2) is 0 Å². The van der Waals surface area contributed by atoms with Crippen LogP contribution in [0.1, 0.15) is 5.56 Å².